The van der Waals surface area contributed by atoms with E-state index in [1.807, 2.05) is 11.0 Å². The maximum absolute atomic E-state index is 13.2. The van der Waals surface area contributed by atoms with Crippen LogP contribution in [0.1, 0.15) is 16.1 Å². The van der Waals surface area contributed by atoms with Crippen molar-refractivity contribution >= 4 is 16.8 Å². The molecule has 0 bridgehead atoms. The van der Waals surface area contributed by atoms with Gasteiger partial charge in [0.1, 0.15) is 5.82 Å². The molecule has 0 spiro atoms. The molecule has 0 radical (unpaired) electrons. The van der Waals surface area contributed by atoms with Crippen LogP contribution in [0.3, 0.4) is 0 Å². The number of pyridine rings is 1. The van der Waals surface area contributed by atoms with E-state index in [0.717, 1.165) is 18.5 Å². The Bertz CT molecular complexity index is 665. The average molecular weight is 273 g/mol. The molecular weight excluding hydrogens is 257 g/mol. The summed E-state index contributed by atoms with van der Waals surface area (Å²) in [6.07, 6.45) is 0. The fourth-order valence-electron chi connectivity index (χ4n) is 2.49. The van der Waals surface area contributed by atoms with Gasteiger partial charge in [-0.1, -0.05) is 0 Å². The standard InChI is InChI=1S/C15H16FN3O/c1-10-13(15(20)19-6-4-17-5-7-19)8-11-2-3-12(16)9-14(11)18-10/h2-3,8-9,17H,4-7H2,1H3. The van der Waals surface area contributed by atoms with Gasteiger partial charge in [-0.05, 0) is 25.1 Å². The zero-order valence-electron chi connectivity index (χ0n) is 11.3. The molecular formula is C15H16FN3O. The Morgan fingerprint density at radius 2 is 2.05 bits per heavy atom. The molecule has 1 amide bonds. The summed E-state index contributed by atoms with van der Waals surface area (Å²) in [5.74, 6) is -0.312. The summed E-state index contributed by atoms with van der Waals surface area (Å²) >= 11 is 0. The first-order chi connectivity index (χ1) is 9.65. The smallest absolute Gasteiger partial charge is 0.255 e. The van der Waals surface area contributed by atoms with Crippen LogP contribution in [0.5, 0.6) is 0 Å². The normalized spacial score (nSPS) is 15.6. The lowest BCUT2D eigenvalue weighted by atomic mass is 10.1. The van der Waals surface area contributed by atoms with Crippen LogP contribution >= 0.6 is 0 Å². The molecule has 1 aliphatic heterocycles. The number of hydrogen-bond donors (Lipinski definition) is 1. The maximum atomic E-state index is 13.2. The molecule has 3 rings (SSSR count). The minimum Gasteiger partial charge on any atom is -0.336 e. The average Bonchev–Trinajstić information content (AvgIpc) is 2.46. The van der Waals surface area contributed by atoms with Gasteiger partial charge in [-0.25, -0.2) is 4.39 Å². The van der Waals surface area contributed by atoms with Gasteiger partial charge in [0.15, 0.2) is 0 Å². The summed E-state index contributed by atoms with van der Waals surface area (Å²) in [7, 11) is 0. The lowest BCUT2D eigenvalue weighted by molar-refractivity contribution is 0.0735. The number of halogens is 1. The van der Waals surface area contributed by atoms with E-state index in [9.17, 15) is 9.18 Å². The van der Waals surface area contributed by atoms with Crippen molar-refractivity contribution in [1.82, 2.24) is 15.2 Å². The fourth-order valence-corrected chi connectivity index (χ4v) is 2.49. The van der Waals surface area contributed by atoms with Crippen molar-refractivity contribution in [3.05, 3.63) is 41.3 Å². The van der Waals surface area contributed by atoms with Gasteiger partial charge in [-0.15, -0.1) is 0 Å². The van der Waals surface area contributed by atoms with Crippen LogP contribution in [0.25, 0.3) is 10.9 Å². The second kappa shape index (κ2) is 5.17. The Balaban J connectivity index is 2.00. The van der Waals surface area contributed by atoms with E-state index in [4.69, 9.17) is 0 Å². The van der Waals surface area contributed by atoms with Crippen molar-refractivity contribution in [1.29, 1.82) is 0 Å². The molecule has 1 saturated heterocycles. The highest BCUT2D eigenvalue weighted by Gasteiger charge is 2.20. The predicted molar refractivity (Wildman–Crippen MR) is 75.2 cm³/mol. The van der Waals surface area contributed by atoms with Gasteiger partial charge in [-0.3, -0.25) is 9.78 Å². The number of piperazine rings is 1. The summed E-state index contributed by atoms with van der Waals surface area (Å²) in [5, 5.41) is 4.01. The fraction of sp³-hybridized carbons (Fsp3) is 0.333. The van der Waals surface area contributed by atoms with E-state index in [0.29, 0.717) is 29.9 Å². The first-order valence-electron chi connectivity index (χ1n) is 6.72. The number of carbonyl (C=O) groups is 1. The highest BCUT2D eigenvalue weighted by atomic mass is 19.1. The highest BCUT2D eigenvalue weighted by Crippen LogP contribution is 2.19. The van der Waals surface area contributed by atoms with Crippen molar-refractivity contribution in [2.24, 2.45) is 0 Å². The number of benzene rings is 1. The summed E-state index contributed by atoms with van der Waals surface area (Å²) in [4.78, 5) is 18.7. The third-order valence-electron chi connectivity index (χ3n) is 3.60. The Hall–Kier alpha value is -2.01. The van der Waals surface area contributed by atoms with Gasteiger partial charge >= 0.3 is 0 Å². The molecule has 1 fully saturated rings. The monoisotopic (exact) mass is 273 g/mol. The van der Waals surface area contributed by atoms with Crippen LogP contribution in [0.2, 0.25) is 0 Å². The molecule has 0 aliphatic carbocycles. The number of nitrogens with one attached hydrogen (secondary N) is 1. The number of nitrogens with zero attached hydrogens (tertiary/aromatic N) is 2. The summed E-state index contributed by atoms with van der Waals surface area (Å²) in [6, 6.07) is 6.24. The molecule has 1 aliphatic rings. The van der Waals surface area contributed by atoms with E-state index < -0.39 is 0 Å². The van der Waals surface area contributed by atoms with Crippen molar-refractivity contribution in [2.75, 3.05) is 26.2 Å². The lowest BCUT2D eigenvalue weighted by Gasteiger charge is -2.27. The molecule has 0 unspecified atom stereocenters. The van der Waals surface area contributed by atoms with Gasteiger partial charge in [0, 0.05) is 37.6 Å². The highest BCUT2D eigenvalue weighted by molar-refractivity contribution is 5.98. The van der Waals surface area contributed by atoms with E-state index in [2.05, 4.69) is 10.3 Å². The minimum absolute atomic E-state index is 0.00252. The van der Waals surface area contributed by atoms with Crippen LogP contribution in [-0.4, -0.2) is 42.0 Å². The first kappa shape index (κ1) is 13.0. The molecule has 0 saturated carbocycles. The van der Waals surface area contributed by atoms with Crippen molar-refractivity contribution in [3.8, 4) is 0 Å². The van der Waals surface area contributed by atoms with E-state index in [1.165, 1.54) is 12.1 Å². The third kappa shape index (κ3) is 2.36. The Morgan fingerprint density at radius 1 is 1.30 bits per heavy atom. The summed E-state index contributed by atoms with van der Waals surface area (Å²) in [6.45, 7) is 4.84. The predicted octanol–water partition coefficient (Wildman–Crippen LogP) is 1.73. The molecule has 0 atom stereocenters. The van der Waals surface area contributed by atoms with E-state index in [1.54, 1.807) is 13.0 Å². The van der Waals surface area contributed by atoms with Gasteiger partial charge in [0.05, 0.1) is 16.8 Å². The zero-order chi connectivity index (χ0) is 14.1. The molecule has 1 aromatic heterocycles. The molecule has 1 N–H and O–H groups in total. The van der Waals surface area contributed by atoms with Crippen molar-refractivity contribution in [2.45, 2.75) is 6.92 Å². The largest absolute Gasteiger partial charge is 0.336 e. The maximum Gasteiger partial charge on any atom is 0.255 e. The van der Waals surface area contributed by atoms with Crippen molar-refractivity contribution in [3.63, 3.8) is 0 Å². The Labute approximate surface area is 116 Å². The van der Waals surface area contributed by atoms with Gasteiger partial charge < -0.3 is 10.2 Å². The number of carbonyl (C=O) groups excluding carboxylic acids is 1. The summed E-state index contributed by atoms with van der Waals surface area (Å²) in [5.41, 5.74) is 1.83. The lowest BCUT2D eigenvalue weighted by Crippen LogP contribution is -2.46. The number of hydrogen-bond acceptors (Lipinski definition) is 3. The van der Waals surface area contributed by atoms with Crippen LogP contribution in [0.15, 0.2) is 24.3 Å². The number of fused-ring (bicyclic) bond motifs is 1. The number of amides is 1. The molecule has 2 aromatic rings. The molecule has 4 nitrogen and oxygen atoms in total. The van der Waals surface area contributed by atoms with Crippen LogP contribution in [0, 0.1) is 12.7 Å². The van der Waals surface area contributed by atoms with Crippen LogP contribution in [0.4, 0.5) is 4.39 Å². The molecule has 2 heterocycles. The molecule has 1 aromatic carbocycles. The van der Waals surface area contributed by atoms with Crippen LogP contribution < -0.4 is 5.32 Å². The molecule has 104 valence electrons. The SMILES string of the molecule is Cc1nc2cc(F)ccc2cc1C(=O)N1CCNCC1. The second-order valence-electron chi connectivity index (χ2n) is 5.00. The number of aryl methyl sites for hydroxylation is 1. The Morgan fingerprint density at radius 3 is 2.80 bits per heavy atom. The topological polar surface area (TPSA) is 45.2 Å². The first-order valence-corrected chi connectivity index (χ1v) is 6.72. The van der Waals surface area contributed by atoms with Gasteiger partial charge in [0.2, 0.25) is 0 Å². The third-order valence-corrected chi connectivity index (χ3v) is 3.60. The minimum atomic E-state index is -0.314. The zero-order valence-corrected chi connectivity index (χ0v) is 11.3. The number of rotatable bonds is 1. The van der Waals surface area contributed by atoms with Gasteiger partial charge in [0.25, 0.3) is 5.91 Å². The Kier molecular flexibility index (Phi) is 3.36. The van der Waals surface area contributed by atoms with Crippen molar-refractivity contribution < 1.29 is 9.18 Å². The summed E-state index contributed by atoms with van der Waals surface area (Å²) < 4.78 is 13.2. The van der Waals surface area contributed by atoms with E-state index >= 15 is 0 Å². The molecule has 20 heavy (non-hydrogen) atoms. The second-order valence-corrected chi connectivity index (χ2v) is 5.00. The van der Waals surface area contributed by atoms with Gasteiger partial charge in [-0.2, -0.15) is 0 Å². The van der Waals surface area contributed by atoms with E-state index in [-0.39, 0.29) is 11.7 Å². The number of aromatic nitrogens is 1. The quantitative estimate of drug-likeness (QED) is 0.860. The van der Waals surface area contributed by atoms with Crippen LogP contribution in [-0.2, 0) is 0 Å². The molecule has 5 heteroatoms.